The Morgan fingerprint density at radius 3 is 2.42 bits per heavy atom. The summed E-state index contributed by atoms with van der Waals surface area (Å²) < 4.78 is 24.3. The highest BCUT2D eigenvalue weighted by Crippen LogP contribution is 2.27. The smallest absolute Gasteiger partial charge is 0.180 e. The van der Waals surface area contributed by atoms with E-state index >= 15 is 0 Å². The summed E-state index contributed by atoms with van der Waals surface area (Å²) in [4.78, 5) is 4.31. The van der Waals surface area contributed by atoms with E-state index < -0.39 is 9.84 Å². The van der Waals surface area contributed by atoms with Crippen LogP contribution >= 0.6 is 27.5 Å². The number of nitrogens with zero attached hydrogens (tertiary/aromatic N) is 1. The van der Waals surface area contributed by atoms with Gasteiger partial charge in [-0.05, 0) is 39.7 Å². The molecule has 1 heterocycles. The lowest BCUT2D eigenvalue weighted by Gasteiger charge is -2.07. The molecule has 0 amide bonds. The summed E-state index contributed by atoms with van der Waals surface area (Å²) in [5.41, 5.74) is 1.61. The van der Waals surface area contributed by atoms with Crippen LogP contribution in [0.2, 0.25) is 5.02 Å². The first-order valence-electron chi connectivity index (χ1n) is 5.58. The Kier molecular flexibility index (Phi) is 4.28. The second-order valence-corrected chi connectivity index (χ2v) is 7.36. The van der Waals surface area contributed by atoms with Crippen LogP contribution in [0.15, 0.2) is 46.0 Å². The minimum Gasteiger partial charge on any atom is -0.247 e. The van der Waals surface area contributed by atoms with Crippen LogP contribution in [0.1, 0.15) is 6.92 Å². The molecule has 6 heteroatoms. The molecule has 0 atom stereocenters. The van der Waals surface area contributed by atoms with Gasteiger partial charge in [0, 0.05) is 16.8 Å². The quantitative estimate of drug-likeness (QED) is 0.778. The van der Waals surface area contributed by atoms with E-state index in [1.54, 1.807) is 31.3 Å². The Labute approximate surface area is 125 Å². The van der Waals surface area contributed by atoms with Crippen LogP contribution in [0.3, 0.4) is 0 Å². The number of hydrogen-bond donors (Lipinski definition) is 0. The van der Waals surface area contributed by atoms with Crippen molar-refractivity contribution >= 4 is 37.4 Å². The highest BCUT2D eigenvalue weighted by molar-refractivity contribution is 9.10. The number of benzene rings is 1. The number of sulfone groups is 1. The maximum Gasteiger partial charge on any atom is 0.180 e. The minimum absolute atomic E-state index is 0.0390. The summed E-state index contributed by atoms with van der Waals surface area (Å²) in [5.74, 6) is 0.0390. The standard InChI is InChI=1S/C13H11BrClNO2S/c1-2-19(17,18)12-7-10(8-16-13(12)14)9-3-5-11(15)6-4-9/h3-8H,2H2,1H3. The van der Waals surface area contributed by atoms with Crippen molar-refractivity contribution in [2.45, 2.75) is 11.8 Å². The fourth-order valence-corrected chi connectivity index (χ4v) is 3.61. The second kappa shape index (κ2) is 5.61. The zero-order chi connectivity index (χ0) is 14.0. The maximum absolute atomic E-state index is 12.0. The lowest BCUT2D eigenvalue weighted by Crippen LogP contribution is -2.05. The van der Waals surface area contributed by atoms with Gasteiger partial charge in [0.2, 0.25) is 0 Å². The van der Waals surface area contributed by atoms with Crippen molar-refractivity contribution < 1.29 is 8.42 Å². The summed E-state index contributed by atoms with van der Waals surface area (Å²) >= 11 is 9.01. The van der Waals surface area contributed by atoms with Gasteiger partial charge in [-0.1, -0.05) is 30.7 Å². The van der Waals surface area contributed by atoms with Crippen molar-refractivity contribution in [1.29, 1.82) is 0 Å². The third kappa shape index (κ3) is 3.16. The molecule has 0 aliphatic heterocycles. The molecule has 2 aromatic rings. The largest absolute Gasteiger partial charge is 0.247 e. The van der Waals surface area contributed by atoms with Crippen molar-refractivity contribution in [1.82, 2.24) is 4.98 Å². The predicted molar refractivity (Wildman–Crippen MR) is 80.1 cm³/mol. The second-order valence-electron chi connectivity index (χ2n) is 3.92. The molecule has 0 fully saturated rings. The highest BCUT2D eigenvalue weighted by Gasteiger charge is 2.17. The highest BCUT2D eigenvalue weighted by atomic mass is 79.9. The normalized spacial score (nSPS) is 11.5. The van der Waals surface area contributed by atoms with Gasteiger partial charge in [0.15, 0.2) is 9.84 Å². The van der Waals surface area contributed by atoms with Crippen molar-refractivity contribution in [2.24, 2.45) is 0 Å². The zero-order valence-electron chi connectivity index (χ0n) is 10.1. The van der Waals surface area contributed by atoms with Gasteiger partial charge in [0.25, 0.3) is 0 Å². The lowest BCUT2D eigenvalue weighted by atomic mass is 10.1. The molecule has 0 bridgehead atoms. The van der Waals surface area contributed by atoms with Crippen molar-refractivity contribution in [2.75, 3.05) is 5.75 Å². The molecule has 1 aromatic carbocycles. The van der Waals surface area contributed by atoms with Gasteiger partial charge in [0.1, 0.15) is 9.50 Å². The molecule has 3 nitrogen and oxygen atoms in total. The molecule has 100 valence electrons. The van der Waals surface area contributed by atoms with Crippen molar-refractivity contribution in [3.8, 4) is 11.1 Å². The molecule has 1 aromatic heterocycles. The summed E-state index contributed by atoms with van der Waals surface area (Å²) in [6.07, 6.45) is 1.63. The maximum atomic E-state index is 12.0. The van der Waals surface area contributed by atoms with Gasteiger partial charge in [-0.3, -0.25) is 0 Å². The number of rotatable bonds is 3. The summed E-state index contributed by atoms with van der Waals surface area (Å²) in [5, 5.41) is 0.634. The monoisotopic (exact) mass is 359 g/mol. The molecule has 0 N–H and O–H groups in total. The van der Waals surface area contributed by atoms with Crippen LogP contribution in [-0.2, 0) is 9.84 Å². The van der Waals surface area contributed by atoms with Crippen LogP contribution in [-0.4, -0.2) is 19.2 Å². The fourth-order valence-electron chi connectivity index (χ4n) is 1.60. The molecule has 0 unspecified atom stereocenters. The van der Waals surface area contributed by atoms with E-state index in [4.69, 9.17) is 11.6 Å². The van der Waals surface area contributed by atoms with E-state index in [2.05, 4.69) is 20.9 Å². The van der Waals surface area contributed by atoms with Crippen LogP contribution in [0.25, 0.3) is 11.1 Å². The Hall–Kier alpha value is -0.910. The molecular formula is C13H11BrClNO2S. The molecule has 19 heavy (non-hydrogen) atoms. The van der Waals surface area contributed by atoms with Gasteiger partial charge in [-0.15, -0.1) is 0 Å². The first-order valence-corrected chi connectivity index (χ1v) is 8.40. The minimum atomic E-state index is -3.30. The molecular weight excluding hydrogens is 350 g/mol. The number of hydrogen-bond acceptors (Lipinski definition) is 3. The van der Waals surface area contributed by atoms with Gasteiger partial charge >= 0.3 is 0 Å². The Bertz CT molecular complexity index is 699. The van der Waals surface area contributed by atoms with E-state index in [1.807, 2.05) is 12.1 Å². The van der Waals surface area contributed by atoms with Gasteiger partial charge in [0.05, 0.1) is 5.75 Å². The van der Waals surface area contributed by atoms with Crippen molar-refractivity contribution in [3.05, 3.63) is 46.2 Å². The number of halogens is 2. The van der Waals surface area contributed by atoms with Crippen molar-refractivity contribution in [3.63, 3.8) is 0 Å². The molecule has 2 rings (SSSR count). The van der Waals surface area contributed by atoms with E-state index in [0.29, 0.717) is 9.63 Å². The Balaban J connectivity index is 2.56. The average Bonchev–Trinajstić information content (AvgIpc) is 2.40. The van der Waals surface area contributed by atoms with Crippen LogP contribution in [0, 0.1) is 0 Å². The fraction of sp³-hybridized carbons (Fsp3) is 0.154. The third-order valence-electron chi connectivity index (χ3n) is 2.70. The van der Waals surface area contributed by atoms with E-state index in [0.717, 1.165) is 11.1 Å². The average molecular weight is 361 g/mol. The SMILES string of the molecule is CCS(=O)(=O)c1cc(-c2ccc(Cl)cc2)cnc1Br. The summed E-state index contributed by atoms with van der Waals surface area (Å²) in [7, 11) is -3.30. The topological polar surface area (TPSA) is 47.0 Å². The number of aromatic nitrogens is 1. The molecule has 0 aliphatic rings. The Morgan fingerprint density at radius 2 is 1.84 bits per heavy atom. The van der Waals surface area contributed by atoms with Gasteiger partial charge in [-0.2, -0.15) is 0 Å². The summed E-state index contributed by atoms with van der Waals surface area (Å²) in [6, 6.07) is 8.80. The Morgan fingerprint density at radius 1 is 1.21 bits per heavy atom. The molecule has 0 radical (unpaired) electrons. The van der Waals surface area contributed by atoms with Gasteiger partial charge < -0.3 is 0 Å². The third-order valence-corrected chi connectivity index (χ3v) is 5.59. The van der Waals surface area contributed by atoms with E-state index in [9.17, 15) is 8.42 Å². The van der Waals surface area contributed by atoms with Crippen LogP contribution < -0.4 is 0 Å². The van der Waals surface area contributed by atoms with E-state index in [-0.39, 0.29) is 10.6 Å². The van der Waals surface area contributed by atoms with Crippen LogP contribution in [0.4, 0.5) is 0 Å². The zero-order valence-corrected chi connectivity index (χ0v) is 13.3. The molecule has 0 saturated heterocycles. The number of pyridine rings is 1. The molecule has 0 saturated carbocycles. The molecule has 0 aliphatic carbocycles. The molecule has 0 spiro atoms. The first-order chi connectivity index (χ1) is 8.94. The van der Waals surface area contributed by atoms with Crippen LogP contribution in [0.5, 0.6) is 0 Å². The summed E-state index contributed by atoms with van der Waals surface area (Å²) in [6.45, 7) is 1.61. The predicted octanol–water partition coefficient (Wildman–Crippen LogP) is 3.96. The van der Waals surface area contributed by atoms with Gasteiger partial charge in [-0.25, -0.2) is 13.4 Å². The lowest BCUT2D eigenvalue weighted by molar-refractivity contribution is 0.596. The first kappa shape index (κ1) is 14.5. The van der Waals surface area contributed by atoms with E-state index in [1.165, 1.54) is 0 Å².